The number of amides is 1. The number of fused-ring (bicyclic) bond motifs is 1. The van der Waals surface area contributed by atoms with E-state index in [4.69, 9.17) is 5.73 Å². The number of halogens is 3. The average Bonchev–Trinajstić information content (AvgIpc) is 2.73. The lowest BCUT2D eigenvalue weighted by Crippen LogP contribution is -2.45. The van der Waals surface area contributed by atoms with Crippen molar-refractivity contribution < 1.29 is 23.1 Å². The first-order chi connectivity index (χ1) is 15.2. The van der Waals surface area contributed by atoms with Crippen LogP contribution >= 0.6 is 0 Å². The first-order valence-electron chi connectivity index (χ1n) is 10.0. The maximum absolute atomic E-state index is 12.9. The number of rotatable bonds is 5. The molecule has 168 valence electrons. The highest BCUT2D eigenvalue weighted by Gasteiger charge is 2.32. The van der Waals surface area contributed by atoms with Crippen molar-refractivity contribution in [2.45, 2.75) is 25.1 Å². The molecule has 0 saturated carbocycles. The van der Waals surface area contributed by atoms with Gasteiger partial charge >= 0.3 is 6.18 Å². The molecule has 1 amide bonds. The standard InChI is InChI=1S/C21H21F3N6O2/c22-21(23,24)12-8-16(31)19(26-9-12)18-14-5-1-2-6-15(14)20(29-28-18)27-13-4-3-7-30(10-13)11-17(25)32/h1-2,5-6,8-9,13,31H,3-4,7,10-11H2,(H2,25,32)(H,27,29). The largest absolute Gasteiger partial charge is 0.506 e. The molecule has 3 aromatic rings. The number of piperidine rings is 1. The van der Waals surface area contributed by atoms with Gasteiger partial charge < -0.3 is 16.2 Å². The lowest BCUT2D eigenvalue weighted by atomic mass is 10.0. The molecule has 0 aliphatic carbocycles. The van der Waals surface area contributed by atoms with Crippen molar-refractivity contribution in [3.63, 3.8) is 0 Å². The van der Waals surface area contributed by atoms with Gasteiger partial charge in [0.15, 0.2) is 5.82 Å². The highest BCUT2D eigenvalue weighted by Crippen LogP contribution is 2.37. The van der Waals surface area contributed by atoms with Crippen molar-refractivity contribution in [1.82, 2.24) is 20.1 Å². The van der Waals surface area contributed by atoms with Gasteiger partial charge in [-0.25, -0.2) is 4.98 Å². The van der Waals surface area contributed by atoms with Gasteiger partial charge in [-0.1, -0.05) is 24.3 Å². The Morgan fingerprint density at radius 3 is 2.66 bits per heavy atom. The number of aromatic nitrogens is 3. The second-order valence-electron chi connectivity index (χ2n) is 7.72. The van der Waals surface area contributed by atoms with Gasteiger partial charge in [0.1, 0.15) is 17.1 Å². The van der Waals surface area contributed by atoms with Gasteiger partial charge in [-0.15, -0.1) is 10.2 Å². The fraction of sp³-hybridized carbons (Fsp3) is 0.333. The van der Waals surface area contributed by atoms with Gasteiger partial charge in [-0.2, -0.15) is 13.2 Å². The van der Waals surface area contributed by atoms with Gasteiger partial charge in [0.25, 0.3) is 0 Å². The summed E-state index contributed by atoms with van der Waals surface area (Å²) in [7, 11) is 0. The van der Waals surface area contributed by atoms with E-state index in [0.717, 1.165) is 19.4 Å². The second kappa shape index (κ2) is 8.58. The molecule has 1 unspecified atom stereocenters. The Bertz CT molecular complexity index is 1150. The van der Waals surface area contributed by atoms with Crippen molar-refractivity contribution in [1.29, 1.82) is 0 Å². The van der Waals surface area contributed by atoms with Crippen molar-refractivity contribution in [2.24, 2.45) is 5.73 Å². The Morgan fingerprint density at radius 1 is 1.22 bits per heavy atom. The summed E-state index contributed by atoms with van der Waals surface area (Å²) >= 11 is 0. The molecule has 4 rings (SSSR count). The zero-order chi connectivity index (χ0) is 22.9. The predicted molar refractivity (Wildman–Crippen MR) is 112 cm³/mol. The molecule has 1 aliphatic heterocycles. The third kappa shape index (κ3) is 4.57. The van der Waals surface area contributed by atoms with E-state index in [9.17, 15) is 23.1 Å². The van der Waals surface area contributed by atoms with Crippen LogP contribution in [0.15, 0.2) is 36.5 Å². The van der Waals surface area contributed by atoms with Crippen LogP contribution in [0.4, 0.5) is 19.0 Å². The average molecular weight is 446 g/mol. The Hall–Kier alpha value is -3.47. The summed E-state index contributed by atoms with van der Waals surface area (Å²) in [5.41, 5.74) is 4.34. The number of hydrogen-bond acceptors (Lipinski definition) is 7. The van der Waals surface area contributed by atoms with Crippen LogP contribution in [0.3, 0.4) is 0 Å². The third-order valence-electron chi connectivity index (χ3n) is 5.33. The van der Waals surface area contributed by atoms with E-state index < -0.39 is 17.5 Å². The lowest BCUT2D eigenvalue weighted by molar-refractivity contribution is -0.138. The van der Waals surface area contributed by atoms with Crippen LogP contribution in [-0.4, -0.2) is 56.8 Å². The number of primary amides is 1. The van der Waals surface area contributed by atoms with Crippen molar-refractivity contribution in [3.8, 4) is 17.1 Å². The number of nitrogens with zero attached hydrogens (tertiary/aromatic N) is 4. The van der Waals surface area contributed by atoms with Gasteiger partial charge in [0.2, 0.25) is 5.91 Å². The van der Waals surface area contributed by atoms with E-state index in [1.807, 2.05) is 4.90 Å². The van der Waals surface area contributed by atoms with E-state index >= 15 is 0 Å². The monoisotopic (exact) mass is 446 g/mol. The van der Waals surface area contributed by atoms with Crippen LogP contribution in [-0.2, 0) is 11.0 Å². The summed E-state index contributed by atoms with van der Waals surface area (Å²) < 4.78 is 38.7. The molecule has 1 fully saturated rings. The molecule has 0 radical (unpaired) electrons. The number of carbonyl (C=O) groups is 1. The van der Waals surface area contributed by atoms with E-state index in [0.29, 0.717) is 35.4 Å². The molecule has 1 aliphatic rings. The molecule has 0 bridgehead atoms. The molecule has 32 heavy (non-hydrogen) atoms. The number of aromatic hydroxyl groups is 1. The predicted octanol–water partition coefficient (Wildman–Crippen LogP) is 2.78. The zero-order valence-electron chi connectivity index (χ0n) is 16.9. The van der Waals surface area contributed by atoms with Crippen LogP contribution in [0.5, 0.6) is 5.75 Å². The minimum atomic E-state index is -4.62. The number of alkyl halides is 3. The third-order valence-corrected chi connectivity index (χ3v) is 5.33. The highest BCUT2D eigenvalue weighted by molar-refractivity contribution is 6.00. The van der Waals surface area contributed by atoms with Crippen LogP contribution < -0.4 is 11.1 Å². The first kappa shape index (κ1) is 21.8. The Kier molecular flexibility index (Phi) is 5.83. The number of benzene rings is 1. The van der Waals surface area contributed by atoms with E-state index in [1.165, 1.54) is 0 Å². The normalized spacial score (nSPS) is 17.4. The summed E-state index contributed by atoms with van der Waals surface area (Å²) in [5.74, 6) is -0.514. The molecule has 0 spiro atoms. The molecule has 1 aromatic carbocycles. The Morgan fingerprint density at radius 2 is 1.97 bits per heavy atom. The fourth-order valence-electron chi connectivity index (χ4n) is 3.91. The smallest absolute Gasteiger partial charge is 0.418 e. The molecule has 3 heterocycles. The minimum absolute atomic E-state index is 0.0178. The maximum atomic E-state index is 12.9. The van der Waals surface area contributed by atoms with Gasteiger partial charge in [-0.05, 0) is 25.5 Å². The number of pyridine rings is 1. The Balaban J connectivity index is 1.66. The highest BCUT2D eigenvalue weighted by atomic mass is 19.4. The van der Waals surface area contributed by atoms with Crippen LogP contribution in [0, 0.1) is 0 Å². The molecule has 2 aromatic heterocycles. The SMILES string of the molecule is NC(=O)CN1CCCC(Nc2nnc(-c3ncc(C(F)(F)F)cc3O)c3ccccc23)C1. The summed E-state index contributed by atoms with van der Waals surface area (Å²) in [6.07, 6.45) is -2.20. The van der Waals surface area contributed by atoms with Crippen LogP contribution in [0.1, 0.15) is 18.4 Å². The quantitative estimate of drug-likeness (QED) is 0.552. The summed E-state index contributed by atoms with van der Waals surface area (Å²) in [6.45, 7) is 1.58. The van der Waals surface area contributed by atoms with Gasteiger partial charge in [0, 0.05) is 29.6 Å². The topological polar surface area (TPSA) is 117 Å². The summed E-state index contributed by atoms with van der Waals surface area (Å²) in [4.78, 5) is 17.0. The maximum Gasteiger partial charge on any atom is 0.418 e. The van der Waals surface area contributed by atoms with Crippen molar-refractivity contribution in [3.05, 3.63) is 42.1 Å². The first-order valence-corrected chi connectivity index (χ1v) is 10.0. The van der Waals surface area contributed by atoms with Crippen LogP contribution in [0.25, 0.3) is 22.2 Å². The van der Waals surface area contributed by atoms with Crippen LogP contribution in [0.2, 0.25) is 0 Å². The number of hydrogen-bond donors (Lipinski definition) is 3. The van der Waals surface area contributed by atoms with E-state index in [2.05, 4.69) is 20.5 Å². The van der Waals surface area contributed by atoms with Crippen molar-refractivity contribution >= 4 is 22.5 Å². The number of nitrogens with one attached hydrogen (secondary N) is 1. The second-order valence-corrected chi connectivity index (χ2v) is 7.72. The van der Waals surface area contributed by atoms with Crippen molar-refractivity contribution in [2.75, 3.05) is 25.0 Å². The molecule has 11 heteroatoms. The fourth-order valence-corrected chi connectivity index (χ4v) is 3.91. The number of anilines is 1. The van der Waals surface area contributed by atoms with Gasteiger partial charge in [0.05, 0.1) is 12.1 Å². The number of carbonyl (C=O) groups excluding carboxylic acids is 1. The number of nitrogens with two attached hydrogens (primary N) is 1. The molecule has 1 atom stereocenters. The Labute approximate surface area is 181 Å². The van der Waals surface area contributed by atoms with E-state index in [-0.39, 0.29) is 29.9 Å². The molecular weight excluding hydrogens is 425 g/mol. The number of likely N-dealkylation sites (tertiary alicyclic amines) is 1. The lowest BCUT2D eigenvalue weighted by Gasteiger charge is -2.32. The molecule has 4 N–H and O–H groups in total. The minimum Gasteiger partial charge on any atom is -0.506 e. The summed E-state index contributed by atoms with van der Waals surface area (Å²) in [5, 5.41) is 23.2. The summed E-state index contributed by atoms with van der Waals surface area (Å²) in [6, 6.07) is 7.75. The molecule has 1 saturated heterocycles. The van der Waals surface area contributed by atoms with E-state index in [1.54, 1.807) is 24.3 Å². The van der Waals surface area contributed by atoms with Gasteiger partial charge in [-0.3, -0.25) is 9.69 Å². The molecular formula is C21H21F3N6O2. The zero-order valence-corrected chi connectivity index (χ0v) is 16.9. The molecule has 8 nitrogen and oxygen atoms in total.